The van der Waals surface area contributed by atoms with Crippen LogP contribution in [0.2, 0.25) is 5.02 Å². The highest BCUT2D eigenvalue weighted by molar-refractivity contribution is 7.89. The van der Waals surface area contributed by atoms with Crippen molar-refractivity contribution in [3.8, 4) is 0 Å². The molecule has 0 atom stereocenters. The van der Waals surface area contributed by atoms with Gasteiger partial charge in [0.05, 0.1) is 15.5 Å². The van der Waals surface area contributed by atoms with Crippen LogP contribution >= 0.6 is 11.6 Å². The summed E-state index contributed by atoms with van der Waals surface area (Å²) in [4.78, 5) is 26.3. The maximum Gasteiger partial charge on any atom is 0.340 e. The summed E-state index contributed by atoms with van der Waals surface area (Å²) in [7, 11) is -0.840. The smallest absolute Gasteiger partial charge is 0.340 e. The van der Waals surface area contributed by atoms with Crippen molar-refractivity contribution in [2.24, 2.45) is 0 Å². The van der Waals surface area contributed by atoms with Gasteiger partial charge in [-0.3, -0.25) is 4.79 Å². The monoisotopic (exact) mass is 500 g/mol. The number of halogens is 1. The van der Waals surface area contributed by atoms with Crippen molar-refractivity contribution in [1.82, 2.24) is 9.21 Å². The van der Waals surface area contributed by atoms with Crippen molar-refractivity contribution in [2.75, 3.05) is 20.7 Å². The predicted molar refractivity (Wildman–Crippen MR) is 130 cm³/mol. The zero-order valence-corrected chi connectivity index (χ0v) is 20.4. The zero-order valence-electron chi connectivity index (χ0n) is 18.8. The van der Waals surface area contributed by atoms with Crippen LogP contribution in [0.3, 0.4) is 0 Å². The first-order valence-electron chi connectivity index (χ1n) is 10.4. The summed E-state index contributed by atoms with van der Waals surface area (Å²) in [6.07, 6.45) is 0. The fraction of sp³-hybridized carbons (Fsp3) is 0.200. The lowest BCUT2D eigenvalue weighted by molar-refractivity contribution is -0.133. The lowest BCUT2D eigenvalue weighted by atomic mass is 10.2. The van der Waals surface area contributed by atoms with Crippen LogP contribution in [0.1, 0.15) is 21.5 Å². The Kier molecular flexibility index (Phi) is 8.44. The Morgan fingerprint density at radius 2 is 1.41 bits per heavy atom. The molecule has 7 nitrogen and oxygen atoms in total. The van der Waals surface area contributed by atoms with E-state index in [-0.39, 0.29) is 22.0 Å². The zero-order chi connectivity index (χ0) is 24.7. The summed E-state index contributed by atoms with van der Waals surface area (Å²) in [6.45, 7) is 0.0245. The third kappa shape index (κ3) is 6.44. The first kappa shape index (κ1) is 25.4. The molecule has 9 heteroatoms. The summed E-state index contributed by atoms with van der Waals surface area (Å²) in [5.41, 5.74) is 1.62. The molecule has 0 heterocycles. The van der Waals surface area contributed by atoms with Gasteiger partial charge in [-0.2, -0.15) is 4.31 Å². The fourth-order valence-corrected chi connectivity index (χ4v) is 4.57. The van der Waals surface area contributed by atoms with E-state index in [0.717, 1.165) is 11.1 Å². The van der Waals surface area contributed by atoms with Gasteiger partial charge >= 0.3 is 5.97 Å². The van der Waals surface area contributed by atoms with Crippen LogP contribution in [0.4, 0.5) is 0 Å². The molecular formula is C25H25ClN2O5S. The van der Waals surface area contributed by atoms with Crippen LogP contribution in [0, 0.1) is 0 Å². The largest absolute Gasteiger partial charge is 0.452 e. The standard InChI is InChI=1S/C25H25ClN2O5S/c1-27(16-19-9-5-3-6-10-19)24(29)18-33-25(30)22-15-21(13-14-23(22)26)34(31,32)28(2)17-20-11-7-4-8-12-20/h3-15H,16-18H2,1-2H3. The third-order valence-corrected chi connectivity index (χ3v) is 7.26. The minimum absolute atomic E-state index is 0.0275. The van der Waals surface area contributed by atoms with Crippen molar-refractivity contribution in [2.45, 2.75) is 18.0 Å². The van der Waals surface area contributed by atoms with E-state index in [0.29, 0.717) is 6.54 Å². The number of carbonyl (C=O) groups is 2. The number of esters is 1. The van der Waals surface area contributed by atoms with E-state index in [2.05, 4.69) is 0 Å². The molecule has 1 amide bonds. The number of amides is 1. The molecule has 3 aromatic carbocycles. The van der Waals surface area contributed by atoms with Crippen molar-refractivity contribution in [1.29, 1.82) is 0 Å². The second-order valence-corrected chi connectivity index (χ2v) is 10.2. The maximum absolute atomic E-state index is 13.0. The lowest BCUT2D eigenvalue weighted by Gasteiger charge is -2.18. The highest BCUT2D eigenvalue weighted by atomic mass is 35.5. The second kappa shape index (κ2) is 11.3. The van der Waals surface area contributed by atoms with Crippen LogP contribution in [-0.4, -0.2) is 50.2 Å². The Morgan fingerprint density at radius 1 is 0.853 bits per heavy atom. The first-order valence-corrected chi connectivity index (χ1v) is 12.2. The van der Waals surface area contributed by atoms with E-state index < -0.39 is 28.5 Å². The quantitative estimate of drug-likeness (QED) is 0.415. The van der Waals surface area contributed by atoms with E-state index >= 15 is 0 Å². The normalized spacial score (nSPS) is 11.3. The molecule has 34 heavy (non-hydrogen) atoms. The minimum Gasteiger partial charge on any atom is -0.452 e. The molecule has 0 unspecified atom stereocenters. The van der Waals surface area contributed by atoms with E-state index in [1.807, 2.05) is 60.7 Å². The van der Waals surface area contributed by atoms with Gasteiger partial charge in [-0.05, 0) is 29.3 Å². The number of hydrogen-bond acceptors (Lipinski definition) is 5. The number of benzene rings is 3. The summed E-state index contributed by atoms with van der Waals surface area (Å²) >= 11 is 6.13. The van der Waals surface area contributed by atoms with E-state index in [1.54, 1.807) is 7.05 Å². The molecule has 0 bridgehead atoms. The maximum atomic E-state index is 13.0. The number of hydrogen-bond donors (Lipinski definition) is 0. The van der Waals surface area contributed by atoms with Crippen LogP contribution in [0.5, 0.6) is 0 Å². The van der Waals surface area contributed by atoms with Gasteiger partial charge in [0.2, 0.25) is 10.0 Å². The third-order valence-electron chi connectivity index (χ3n) is 5.13. The molecule has 0 radical (unpaired) electrons. The van der Waals surface area contributed by atoms with Gasteiger partial charge in [-0.15, -0.1) is 0 Å². The van der Waals surface area contributed by atoms with Crippen LogP contribution < -0.4 is 0 Å². The van der Waals surface area contributed by atoms with E-state index in [4.69, 9.17) is 16.3 Å². The first-order chi connectivity index (χ1) is 16.2. The van der Waals surface area contributed by atoms with Gasteiger partial charge in [0, 0.05) is 27.2 Å². The molecule has 0 spiro atoms. The minimum atomic E-state index is -3.90. The number of ether oxygens (including phenoxy) is 1. The molecule has 0 saturated heterocycles. The number of carbonyl (C=O) groups excluding carboxylic acids is 2. The molecule has 3 rings (SSSR count). The van der Waals surface area contributed by atoms with Gasteiger partial charge in [0.1, 0.15) is 0 Å². The van der Waals surface area contributed by atoms with Crippen molar-refractivity contribution >= 4 is 33.5 Å². The Bertz CT molecular complexity index is 1250. The molecule has 0 aliphatic rings. The molecule has 3 aromatic rings. The number of sulfonamides is 1. The number of rotatable bonds is 9. The Labute approximate surface area is 204 Å². The molecule has 0 fully saturated rings. The molecule has 0 saturated carbocycles. The molecule has 0 aliphatic heterocycles. The van der Waals surface area contributed by atoms with Crippen LogP contribution in [0.15, 0.2) is 83.8 Å². The van der Waals surface area contributed by atoms with E-state index in [1.165, 1.54) is 34.5 Å². The van der Waals surface area contributed by atoms with Crippen molar-refractivity contribution < 1.29 is 22.7 Å². The molecule has 0 aromatic heterocycles. The summed E-state index contributed by atoms with van der Waals surface area (Å²) < 4.78 is 32.4. The van der Waals surface area contributed by atoms with Gasteiger partial charge in [-0.25, -0.2) is 13.2 Å². The highest BCUT2D eigenvalue weighted by Gasteiger charge is 2.24. The fourth-order valence-electron chi connectivity index (χ4n) is 3.19. The highest BCUT2D eigenvalue weighted by Crippen LogP contribution is 2.24. The summed E-state index contributed by atoms with van der Waals surface area (Å²) in [6, 6.07) is 22.3. The molecule has 0 aliphatic carbocycles. The van der Waals surface area contributed by atoms with Gasteiger partial charge in [0.25, 0.3) is 5.91 Å². The van der Waals surface area contributed by atoms with E-state index in [9.17, 15) is 18.0 Å². The van der Waals surface area contributed by atoms with Gasteiger partial charge in [-0.1, -0.05) is 72.3 Å². The summed E-state index contributed by atoms with van der Waals surface area (Å²) in [5, 5.41) is 0.0275. The second-order valence-electron chi connectivity index (χ2n) is 7.70. The van der Waals surface area contributed by atoms with Crippen LogP contribution in [-0.2, 0) is 32.6 Å². The predicted octanol–water partition coefficient (Wildman–Crippen LogP) is 3.98. The SMILES string of the molecule is CN(Cc1ccccc1)C(=O)COC(=O)c1cc(S(=O)(=O)N(C)Cc2ccccc2)ccc1Cl. The molecular weight excluding hydrogens is 476 g/mol. The Morgan fingerprint density at radius 3 is 2.00 bits per heavy atom. The topological polar surface area (TPSA) is 84.0 Å². The van der Waals surface area contributed by atoms with Crippen molar-refractivity contribution in [3.63, 3.8) is 0 Å². The summed E-state index contributed by atoms with van der Waals surface area (Å²) in [5.74, 6) is -1.28. The Hall–Kier alpha value is -3.20. The Balaban J connectivity index is 1.67. The lowest BCUT2D eigenvalue weighted by Crippen LogP contribution is -2.31. The van der Waals surface area contributed by atoms with Crippen LogP contribution in [0.25, 0.3) is 0 Å². The van der Waals surface area contributed by atoms with Gasteiger partial charge < -0.3 is 9.64 Å². The molecule has 178 valence electrons. The average molecular weight is 501 g/mol. The number of likely N-dealkylation sites (N-methyl/N-ethyl adjacent to an activating group) is 1. The van der Waals surface area contributed by atoms with Crippen molar-refractivity contribution in [3.05, 3.63) is 101 Å². The van der Waals surface area contributed by atoms with Gasteiger partial charge in [0.15, 0.2) is 6.61 Å². The number of nitrogens with zero attached hydrogens (tertiary/aromatic N) is 2. The average Bonchev–Trinajstić information content (AvgIpc) is 2.83. The molecule has 0 N–H and O–H groups in total.